The fourth-order valence-corrected chi connectivity index (χ4v) is 1.99. The van der Waals surface area contributed by atoms with Gasteiger partial charge in [-0.2, -0.15) is 0 Å². The van der Waals surface area contributed by atoms with Gasteiger partial charge in [-0.1, -0.05) is 40.8 Å². The number of alkyl halides is 1. The van der Waals surface area contributed by atoms with Crippen molar-refractivity contribution in [1.29, 1.82) is 0 Å². The fraction of sp³-hybridized carbons (Fsp3) is 0.400. The number of benzene rings is 1. The van der Waals surface area contributed by atoms with Gasteiger partial charge in [-0.3, -0.25) is 5.92 Å². The summed E-state index contributed by atoms with van der Waals surface area (Å²) in [7, 11) is 0. The van der Waals surface area contributed by atoms with Gasteiger partial charge in [0, 0.05) is 23.2 Å². The van der Waals surface area contributed by atoms with Crippen LogP contribution in [-0.4, -0.2) is 19.5 Å². The predicted octanol–water partition coefficient (Wildman–Crippen LogP) is 0.569. The molecular formula is C15H18IKO3. The number of ether oxygens (including phenoxy) is 3. The third-order valence-electron chi connectivity index (χ3n) is 2.20. The molecule has 0 radical (unpaired) electrons. The molecule has 0 spiro atoms. The van der Waals surface area contributed by atoms with E-state index in [0.29, 0.717) is 13.2 Å². The zero-order chi connectivity index (χ0) is 13.9. The summed E-state index contributed by atoms with van der Waals surface area (Å²) in [5.41, 5.74) is 1.15. The van der Waals surface area contributed by atoms with E-state index in [1.807, 2.05) is 38.1 Å². The molecule has 0 aliphatic rings. The Morgan fingerprint density at radius 2 is 1.85 bits per heavy atom. The van der Waals surface area contributed by atoms with E-state index >= 15 is 0 Å². The van der Waals surface area contributed by atoms with Gasteiger partial charge in [0.2, 0.25) is 0 Å². The minimum atomic E-state index is -0.491. The molecule has 0 saturated carbocycles. The largest absolute Gasteiger partial charge is 1.00 e. The number of hydrogen-bond donors (Lipinski definition) is 0. The van der Waals surface area contributed by atoms with Crippen molar-refractivity contribution in [3.05, 3.63) is 36.4 Å². The van der Waals surface area contributed by atoms with Gasteiger partial charge in [-0.15, -0.1) is 0 Å². The molecule has 1 rings (SSSR count). The van der Waals surface area contributed by atoms with E-state index in [1.54, 1.807) is 0 Å². The molecule has 0 amide bonds. The maximum atomic E-state index is 5.52. The molecule has 0 N–H and O–H groups in total. The van der Waals surface area contributed by atoms with Crippen LogP contribution in [0.25, 0.3) is 0 Å². The first-order chi connectivity index (χ1) is 9.31. The van der Waals surface area contributed by atoms with Crippen molar-refractivity contribution >= 4 is 22.6 Å². The molecule has 0 heterocycles. The molecule has 20 heavy (non-hydrogen) atoms. The Morgan fingerprint density at radius 1 is 1.20 bits per heavy atom. The number of hydrogen-bond acceptors (Lipinski definition) is 3. The smallest absolute Gasteiger partial charge is 0.544 e. The molecule has 104 valence electrons. The summed E-state index contributed by atoms with van der Waals surface area (Å²) in [5, 5.41) is 0. The predicted molar refractivity (Wildman–Crippen MR) is 83.9 cm³/mol. The second-order valence-corrected chi connectivity index (χ2v) is 4.27. The third-order valence-corrected chi connectivity index (χ3v) is 3.02. The fourth-order valence-electron chi connectivity index (χ4n) is 1.36. The minimum absolute atomic E-state index is 0. The number of rotatable bonds is 7. The van der Waals surface area contributed by atoms with Crippen LogP contribution in [0.1, 0.15) is 19.4 Å². The van der Waals surface area contributed by atoms with E-state index < -0.39 is 6.29 Å². The Labute approximate surface area is 177 Å². The van der Waals surface area contributed by atoms with Gasteiger partial charge < -0.3 is 14.2 Å². The van der Waals surface area contributed by atoms with Crippen LogP contribution in [0.3, 0.4) is 0 Å². The van der Waals surface area contributed by atoms with Gasteiger partial charge in [-0.25, -0.2) is 5.92 Å². The van der Waals surface area contributed by atoms with E-state index in [-0.39, 0.29) is 51.4 Å². The second kappa shape index (κ2) is 13.4. The van der Waals surface area contributed by atoms with Crippen molar-refractivity contribution in [2.75, 3.05) is 13.2 Å². The van der Waals surface area contributed by atoms with Crippen LogP contribution < -0.4 is 56.1 Å². The van der Waals surface area contributed by atoms with E-state index in [9.17, 15) is 0 Å². The second-order valence-electron chi connectivity index (χ2n) is 3.51. The summed E-state index contributed by atoms with van der Waals surface area (Å²) in [5.74, 6) is 6.49. The molecule has 0 saturated heterocycles. The Hall–Kier alpha value is 0.736. The van der Waals surface area contributed by atoms with Crippen molar-refractivity contribution in [3.8, 4) is 17.6 Å². The quantitative estimate of drug-likeness (QED) is 0.164. The molecule has 0 fully saturated rings. The number of para-hydroxylation sites is 1. The maximum Gasteiger partial charge on any atom is 1.00 e. The molecule has 3 nitrogen and oxygen atoms in total. The average molecular weight is 412 g/mol. The summed E-state index contributed by atoms with van der Waals surface area (Å²) in [6.45, 7) is 6.42. The topological polar surface area (TPSA) is 27.7 Å². The molecule has 0 aliphatic heterocycles. The van der Waals surface area contributed by atoms with Crippen LogP contribution in [0.4, 0.5) is 0 Å². The van der Waals surface area contributed by atoms with Gasteiger partial charge in [0.25, 0.3) is 0 Å². The van der Waals surface area contributed by atoms with E-state index in [0.717, 1.165) is 15.7 Å². The van der Waals surface area contributed by atoms with E-state index in [2.05, 4.69) is 34.4 Å². The number of halogens is 1. The first kappa shape index (κ1) is 20.7. The Bertz CT molecular complexity index is 423. The maximum absolute atomic E-state index is 5.52. The van der Waals surface area contributed by atoms with Gasteiger partial charge >= 0.3 is 51.4 Å². The van der Waals surface area contributed by atoms with Crippen molar-refractivity contribution < 1.29 is 65.6 Å². The van der Waals surface area contributed by atoms with Gasteiger partial charge in [0.1, 0.15) is 12.0 Å². The molecule has 0 bridgehead atoms. The van der Waals surface area contributed by atoms with Crippen molar-refractivity contribution in [3.63, 3.8) is 0 Å². The average Bonchev–Trinajstić information content (AvgIpc) is 2.44. The Morgan fingerprint density at radius 3 is 2.45 bits per heavy atom. The van der Waals surface area contributed by atoms with Crippen LogP contribution >= 0.6 is 22.6 Å². The zero-order valence-electron chi connectivity index (χ0n) is 12.2. The SMILES string of the molecule is CCOC(C#C[CH-]Oc1ccccc1CI)OCC.[K+]. The zero-order valence-corrected chi connectivity index (χ0v) is 17.5. The standard InChI is InChI=1S/C15H18IO3.K/c1-3-17-15(18-4-2)10-7-11-19-14-9-6-5-8-13(14)12-16;/h5-6,8-9,11,15H,3-4,12H2,1-2H3;/q-1;+1. The van der Waals surface area contributed by atoms with Crippen molar-refractivity contribution in [2.24, 2.45) is 0 Å². The first-order valence-corrected chi connectivity index (χ1v) is 7.70. The van der Waals surface area contributed by atoms with Gasteiger partial charge in [0.05, 0.1) is 0 Å². The van der Waals surface area contributed by atoms with E-state index in [4.69, 9.17) is 14.2 Å². The molecule has 5 heteroatoms. The Kier molecular flexibility index (Phi) is 13.9. The summed E-state index contributed by atoms with van der Waals surface area (Å²) in [4.78, 5) is 0. The summed E-state index contributed by atoms with van der Waals surface area (Å²) in [6, 6.07) is 7.89. The van der Waals surface area contributed by atoms with Gasteiger partial charge in [-0.05, 0) is 26.5 Å². The molecule has 1 aromatic carbocycles. The van der Waals surface area contributed by atoms with E-state index in [1.165, 1.54) is 6.61 Å². The van der Waals surface area contributed by atoms with Crippen LogP contribution in [0, 0.1) is 18.4 Å². The van der Waals surface area contributed by atoms with Crippen molar-refractivity contribution in [2.45, 2.75) is 24.6 Å². The summed E-state index contributed by atoms with van der Waals surface area (Å²) < 4.78 is 17.0. The molecule has 1 aromatic rings. The molecule has 0 atom stereocenters. The summed E-state index contributed by atoms with van der Waals surface area (Å²) >= 11 is 2.30. The molecule has 0 aromatic heterocycles. The normalized spacial score (nSPS) is 9.40. The van der Waals surface area contributed by atoms with Crippen molar-refractivity contribution in [1.82, 2.24) is 0 Å². The van der Waals surface area contributed by atoms with Crippen LogP contribution in [0.15, 0.2) is 24.3 Å². The van der Waals surface area contributed by atoms with Crippen LogP contribution in [0.2, 0.25) is 0 Å². The molecular weight excluding hydrogens is 394 g/mol. The minimum Gasteiger partial charge on any atom is -0.544 e. The first-order valence-electron chi connectivity index (χ1n) is 6.18. The van der Waals surface area contributed by atoms with Crippen LogP contribution in [0.5, 0.6) is 5.75 Å². The van der Waals surface area contributed by atoms with Gasteiger partial charge in [0.15, 0.2) is 0 Å². The summed E-state index contributed by atoms with van der Waals surface area (Å²) in [6.07, 6.45) is -0.491. The van der Waals surface area contributed by atoms with Crippen LogP contribution in [-0.2, 0) is 13.9 Å². The molecule has 0 unspecified atom stereocenters. The monoisotopic (exact) mass is 412 g/mol. The Balaban J connectivity index is 0.00000361. The third kappa shape index (κ3) is 8.25. The molecule has 0 aliphatic carbocycles.